The highest BCUT2D eigenvalue weighted by Gasteiger charge is 2.30. The fourth-order valence-corrected chi connectivity index (χ4v) is 1.80. The van der Waals surface area contributed by atoms with Gasteiger partial charge in [0.1, 0.15) is 5.75 Å². The molecule has 0 bridgehead atoms. The molecule has 2 nitrogen and oxygen atoms in total. The third-order valence-electron chi connectivity index (χ3n) is 2.94. The summed E-state index contributed by atoms with van der Waals surface area (Å²) in [5.41, 5.74) is -0.952. The maximum atomic E-state index is 12.5. The van der Waals surface area contributed by atoms with Crippen LogP contribution in [0.5, 0.6) is 5.75 Å². The van der Waals surface area contributed by atoms with Crippen LogP contribution in [0, 0.1) is 0 Å². The van der Waals surface area contributed by atoms with Crippen molar-refractivity contribution in [2.75, 3.05) is 6.61 Å². The molecule has 1 unspecified atom stereocenters. The Morgan fingerprint density at radius 3 is 2.28 bits per heavy atom. The van der Waals surface area contributed by atoms with E-state index in [0.29, 0.717) is 17.9 Å². The van der Waals surface area contributed by atoms with Crippen LogP contribution < -0.4 is 4.74 Å². The summed E-state index contributed by atoms with van der Waals surface area (Å²) in [5, 5.41) is 10.2. The van der Waals surface area contributed by atoms with Gasteiger partial charge in [0.15, 0.2) is 0 Å². The second kappa shape index (κ2) is 6.69. The third kappa shape index (κ3) is 3.95. The summed E-state index contributed by atoms with van der Waals surface area (Å²) >= 11 is 0. The van der Waals surface area contributed by atoms with Crippen LogP contribution in [-0.2, 0) is 5.60 Å². The SMILES string of the molecule is CCCOc1ccc(C(O)(CC)CC(F)F)cc1. The van der Waals surface area contributed by atoms with Crippen LogP contribution in [0.15, 0.2) is 24.3 Å². The number of halogens is 2. The predicted molar refractivity (Wildman–Crippen MR) is 67.0 cm³/mol. The van der Waals surface area contributed by atoms with E-state index in [0.717, 1.165) is 6.42 Å². The Labute approximate surface area is 107 Å². The molecule has 1 rings (SSSR count). The smallest absolute Gasteiger partial charge is 0.241 e. The van der Waals surface area contributed by atoms with Crippen molar-refractivity contribution in [2.24, 2.45) is 0 Å². The van der Waals surface area contributed by atoms with E-state index < -0.39 is 18.4 Å². The Kier molecular flexibility index (Phi) is 5.54. The van der Waals surface area contributed by atoms with Gasteiger partial charge in [-0.3, -0.25) is 0 Å². The fraction of sp³-hybridized carbons (Fsp3) is 0.571. The summed E-state index contributed by atoms with van der Waals surface area (Å²) < 4.78 is 30.3. The quantitative estimate of drug-likeness (QED) is 0.807. The highest BCUT2D eigenvalue weighted by Crippen LogP contribution is 2.32. The van der Waals surface area contributed by atoms with Crippen LogP contribution in [0.25, 0.3) is 0 Å². The van der Waals surface area contributed by atoms with Crippen molar-refractivity contribution in [1.82, 2.24) is 0 Å². The van der Waals surface area contributed by atoms with Gasteiger partial charge in [-0.25, -0.2) is 8.78 Å². The summed E-state index contributed by atoms with van der Waals surface area (Å²) in [5.74, 6) is 0.691. The molecular formula is C14H20F2O2. The lowest BCUT2D eigenvalue weighted by atomic mass is 9.88. The van der Waals surface area contributed by atoms with Crippen molar-refractivity contribution >= 4 is 0 Å². The molecule has 1 aromatic carbocycles. The molecule has 0 fully saturated rings. The van der Waals surface area contributed by atoms with Gasteiger partial charge in [0, 0.05) is 6.42 Å². The lowest BCUT2D eigenvalue weighted by Crippen LogP contribution is -2.27. The molecule has 0 saturated heterocycles. The standard InChI is InChI=1S/C14H20F2O2/c1-3-9-18-12-7-5-11(6-8-12)14(17,4-2)10-13(15)16/h5-8,13,17H,3-4,9-10H2,1-2H3. The van der Waals surface area contributed by atoms with Crippen molar-refractivity contribution < 1.29 is 18.6 Å². The molecule has 0 aliphatic rings. The second-order valence-electron chi connectivity index (χ2n) is 4.35. The fourth-order valence-electron chi connectivity index (χ4n) is 1.80. The molecule has 1 atom stereocenters. The second-order valence-corrected chi connectivity index (χ2v) is 4.35. The van der Waals surface area contributed by atoms with Crippen molar-refractivity contribution in [3.63, 3.8) is 0 Å². The van der Waals surface area contributed by atoms with Gasteiger partial charge in [-0.15, -0.1) is 0 Å². The van der Waals surface area contributed by atoms with E-state index in [1.165, 1.54) is 0 Å². The number of aliphatic hydroxyl groups is 1. The zero-order chi connectivity index (χ0) is 13.6. The minimum atomic E-state index is -2.52. The zero-order valence-electron chi connectivity index (χ0n) is 10.8. The molecule has 4 heteroatoms. The molecule has 0 saturated carbocycles. The highest BCUT2D eigenvalue weighted by molar-refractivity contribution is 5.30. The molecule has 1 aromatic rings. The van der Waals surface area contributed by atoms with Crippen LogP contribution >= 0.6 is 0 Å². The Bertz CT molecular complexity index is 351. The summed E-state index contributed by atoms with van der Waals surface area (Å²) in [6.07, 6.45) is -1.90. The average molecular weight is 258 g/mol. The van der Waals surface area contributed by atoms with Crippen LogP contribution in [0.2, 0.25) is 0 Å². The predicted octanol–water partition coefficient (Wildman–Crippen LogP) is 3.73. The van der Waals surface area contributed by atoms with E-state index in [4.69, 9.17) is 4.74 Å². The number of hydrogen-bond donors (Lipinski definition) is 1. The van der Waals surface area contributed by atoms with E-state index in [2.05, 4.69) is 0 Å². The van der Waals surface area contributed by atoms with E-state index in [-0.39, 0.29) is 6.42 Å². The Morgan fingerprint density at radius 1 is 1.22 bits per heavy atom. The average Bonchev–Trinajstić information content (AvgIpc) is 2.36. The van der Waals surface area contributed by atoms with Crippen LogP contribution in [0.4, 0.5) is 8.78 Å². The molecule has 0 aliphatic carbocycles. The first kappa shape index (κ1) is 14.9. The lowest BCUT2D eigenvalue weighted by Gasteiger charge is -2.27. The first-order valence-electron chi connectivity index (χ1n) is 6.25. The maximum absolute atomic E-state index is 12.5. The van der Waals surface area contributed by atoms with Crippen LogP contribution in [0.3, 0.4) is 0 Å². The van der Waals surface area contributed by atoms with E-state index in [9.17, 15) is 13.9 Å². The molecule has 0 amide bonds. The zero-order valence-corrected chi connectivity index (χ0v) is 10.8. The summed E-state index contributed by atoms with van der Waals surface area (Å²) in [6, 6.07) is 6.71. The monoisotopic (exact) mass is 258 g/mol. The molecule has 0 heterocycles. The van der Waals surface area contributed by atoms with Gasteiger partial charge in [-0.2, -0.15) is 0 Å². The van der Waals surface area contributed by atoms with Crippen molar-refractivity contribution in [3.05, 3.63) is 29.8 Å². The first-order valence-corrected chi connectivity index (χ1v) is 6.25. The van der Waals surface area contributed by atoms with Crippen molar-refractivity contribution in [2.45, 2.75) is 45.1 Å². The Morgan fingerprint density at radius 2 is 1.83 bits per heavy atom. The molecule has 0 aromatic heterocycles. The number of ether oxygens (including phenoxy) is 1. The Balaban J connectivity index is 2.81. The normalized spacial score (nSPS) is 14.6. The van der Waals surface area contributed by atoms with Gasteiger partial charge in [0.05, 0.1) is 12.2 Å². The molecule has 18 heavy (non-hydrogen) atoms. The summed E-state index contributed by atoms with van der Waals surface area (Å²) in [4.78, 5) is 0. The topological polar surface area (TPSA) is 29.5 Å². The van der Waals surface area contributed by atoms with E-state index >= 15 is 0 Å². The lowest BCUT2D eigenvalue weighted by molar-refractivity contribution is -0.0295. The summed E-state index contributed by atoms with van der Waals surface area (Å²) in [7, 11) is 0. The molecule has 102 valence electrons. The molecular weight excluding hydrogens is 238 g/mol. The van der Waals surface area contributed by atoms with Gasteiger partial charge in [0.2, 0.25) is 6.43 Å². The number of benzene rings is 1. The van der Waals surface area contributed by atoms with Crippen LogP contribution in [-0.4, -0.2) is 18.1 Å². The largest absolute Gasteiger partial charge is 0.494 e. The van der Waals surface area contributed by atoms with Crippen molar-refractivity contribution in [1.29, 1.82) is 0 Å². The minimum Gasteiger partial charge on any atom is -0.494 e. The van der Waals surface area contributed by atoms with Gasteiger partial charge in [-0.05, 0) is 30.5 Å². The van der Waals surface area contributed by atoms with Crippen LogP contribution in [0.1, 0.15) is 38.7 Å². The van der Waals surface area contributed by atoms with Gasteiger partial charge in [0.25, 0.3) is 0 Å². The van der Waals surface area contributed by atoms with Gasteiger partial charge >= 0.3 is 0 Å². The van der Waals surface area contributed by atoms with Gasteiger partial charge in [-0.1, -0.05) is 26.0 Å². The van der Waals surface area contributed by atoms with Crippen molar-refractivity contribution in [3.8, 4) is 5.75 Å². The highest BCUT2D eigenvalue weighted by atomic mass is 19.3. The molecule has 0 spiro atoms. The minimum absolute atomic E-state index is 0.256. The summed E-state index contributed by atoms with van der Waals surface area (Å²) in [6.45, 7) is 4.32. The molecule has 0 aliphatic heterocycles. The molecule has 0 radical (unpaired) electrons. The van der Waals surface area contributed by atoms with E-state index in [1.807, 2.05) is 6.92 Å². The molecule has 1 N–H and O–H groups in total. The number of alkyl halides is 2. The maximum Gasteiger partial charge on any atom is 0.241 e. The first-order chi connectivity index (χ1) is 8.51. The number of hydrogen-bond acceptors (Lipinski definition) is 2. The third-order valence-corrected chi connectivity index (χ3v) is 2.94. The number of rotatable bonds is 7. The van der Waals surface area contributed by atoms with Gasteiger partial charge < -0.3 is 9.84 Å². The van der Waals surface area contributed by atoms with E-state index in [1.54, 1.807) is 31.2 Å². The Hall–Kier alpha value is -1.16.